The Morgan fingerprint density at radius 1 is 1.53 bits per heavy atom. The van der Waals surface area contributed by atoms with E-state index in [2.05, 4.69) is 5.32 Å². The lowest BCUT2D eigenvalue weighted by Gasteiger charge is -2.09. The second-order valence-electron chi connectivity index (χ2n) is 4.07. The summed E-state index contributed by atoms with van der Waals surface area (Å²) in [6.45, 7) is 0.802. The summed E-state index contributed by atoms with van der Waals surface area (Å²) in [5, 5.41) is 4.81. The number of amides is 1. The first-order chi connectivity index (χ1) is 7.27. The molecule has 1 aliphatic rings. The summed E-state index contributed by atoms with van der Waals surface area (Å²) in [7, 11) is 0. The molecule has 3 nitrogen and oxygen atoms in total. The zero-order valence-corrected chi connectivity index (χ0v) is 9.48. The van der Waals surface area contributed by atoms with Crippen molar-refractivity contribution in [2.45, 2.75) is 25.7 Å². The van der Waals surface area contributed by atoms with Crippen LogP contribution in [0.15, 0.2) is 11.4 Å². The van der Waals surface area contributed by atoms with Gasteiger partial charge in [0.2, 0.25) is 0 Å². The van der Waals surface area contributed by atoms with E-state index in [1.165, 1.54) is 37.0 Å². The third kappa shape index (κ3) is 2.50. The van der Waals surface area contributed by atoms with Crippen LogP contribution in [-0.2, 0) is 0 Å². The molecule has 0 spiro atoms. The minimum atomic E-state index is -0.0191. The van der Waals surface area contributed by atoms with Gasteiger partial charge in [-0.3, -0.25) is 4.79 Å². The Labute approximate surface area is 93.7 Å². The summed E-state index contributed by atoms with van der Waals surface area (Å²) in [4.78, 5) is 12.3. The summed E-state index contributed by atoms with van der Waals surface area (Å²) in [6.07, 6.45) is 5.11. The van der Waals surface area contributed by atoms with Crippen molar-refractivity contribution in [1.29, 1.82) is 0 Å². The SMILES string of the molecule is Nc1ccsc1C(=O)NCC1CCCC1. The van der Waals surface area contributed by atoms with Gasteiger partial charge in [0.1, 0.15) is 4.88 Å². The van der Waals surface area contributed by atoms with E-state index in [4.69, 9.17) is 5.73 Å². The van der Waals surface area contributed by atoms with E-state index in [-0.39, 0.29) is 5.91 Å². The van der Waals surface area contributed by atoms with Crippen LogP contribution in [0.3, 0.4) is 0 Å². The smallest absolute Gasteiger partial charge is 0.263 e. The molecular formula is C11H16N2OS. The highest BCUT2D eigenvalue weighted by Gasteiger charge is 2.17. The number of hydrogen-bond acceptors (Lipinski definition) is 3. The number of carbonyl (C=O) groups excluding carboxylic acids is 1. The molecule has 1 saturated carbocycles. The number of nitrogen functional groups attached to an aromatic ring is 1. The second kappa shape index (κ2) is 4.66. The van der Waals surface area contributed by atoms with Crippen LogP contribution in [0, 0.1) is 5.92 Å². The highest BCUT2D eigenvalue weighted by Crippen LogP contribution is 2.24. The fourth-order valence-corrected chi connectivity index (χ4v) is 2.77. The number of thiophene rings is 1. The Hall–Kier alpha value is -1.03. The van der Waals surface area contributed by atoms with Crippen molar-refractivity contribution < 1.29 is 4.79 Å². The molecule has 0 unspecified atom stereocenters. The van der Waals surface area contributed by atoms with Crippen LogP contribution in [0.5, 0.6) is 0 Å². The standard InChI is InChI=1S/C11H16N2OS/c12-9-5-6-15-10(9)11(14)13-7-8-3-1-2-4-8/h5-6,8H,1-4,7,12H2,(H,13,14). The number of nitrogens with two attached hydrogens (primary N) is 1. The molecule has 1 aliphatic carbocycles. The van der Waals surface area contributed by atoms with Crippen LogP contribution in [0.1, 0.15) is 35.4 Å². The average Bonchev–Trinajstić information content (AvgIpc) is 2.84. The van der Waals surface area contributed by atoms with Crippen LogP contribution in [-0.4, -0.2) is 12.5 Å². The van der Waals surface area contributed by atoms with E-state index in [0.717, 1.165) is 6.54 Å². The summed E-state index contributed by atoms with van der Waals surface area (Å²) in [5.74, 6) is 0.657. The first-order valence-corrected chi connectivity index (χ1v) is 6.26. The van der Waals surface area contributed by atoms with Gasteiger partial charge < -0.3 is 11.1 Å². The zero-order chi connectivity index (χ0) is 10.7. The Bertz CT molecular complexity index is 342. The first-order valence-electron chi connectivity index (χ1n) is 5.38. The van der Waals surface area contributed by atoms with Gasteiger partial charge >= 0.3 is 0 Å². The van der Waals surface area contributed by atoms with Crippen molar-refractivity contribution in [3.63, 3.8) is 0 Å². The normalized spacial score (nSPS) is 16.8. The van der Waals surface area contributed by atoms with Crippen LogP contribution >= 0.6 is 11.3 Å². The summed E-state index contributed by atoms with van der Waals surface area (Å²) in [6, 6.07) is 1.77. The number of rotatable bonds is 3. The quantitative estimate of drug-likeness (QED) is 0.827. The topological polar surface area (TPSA) is 55.1 Å². The van der Waals surface area contributed by atoms with Crippen LogP contribution in [0.4, 0.5) is 5.69 Å². The maximum Gasteiger partial charge on any atom is 0.263 e. The van der Waals surface area contributed by atoms with E-state index in [0.29, 0.717) is 16.5 Å². The molecule has 0 atom stereocenters. The summed E-state index contributed by atoms with van der Waals surface area (Å²) >= 11 is 1.40. The van der Waals surface area contributed by atoms with E-state index in [1.807, 2.05) is 5.38 Å². The van der Waals surface area contributed by atoms with Gasteiger partial charge in [-0.1, -0.05) is 12.8 Å². The zero-order valence-electron chi connectivity index (χ0n) is 8.66. The van der Waals surface area contributed by atoms with Crippen molar-refractivity contribution in [2.75, 3.05) is 12.3 Å². The predicted octanol–water partition coefficient (Wildman–Crippen LogP) is 2.25. The third-order valence-corrected chi connectivity index (χ3v) is 3.86. The molecule has 1 fully saturated rings. The summed E-state index contributed by atoms with van der Waals surface area (Å²) in [5.41, 5.74) is 6.26. The van der Waals surface area contributed by atoms with E-state index < -0.39 is 0 Å². The number of hydrogen-bond donors (Lipinski definition) is 2. The third-order valence-electron chi connectivity index (χ3n) is 2.93. The Morgan fingerprint density at radius 3 is 2.87 bits per heavy atom. The molecule has 0 radical (unpaired) electrons. The van der Waals surface area contributed by atoms with E-state index in [1.54, 1.807) is 6.07 Å². The molecule has 0 aromatic carbocycles. The van der Waals surface area contributed by atoms with Crippen molar-refractivity contribution in [3.05, 3.63) is 16.3 Å². The van der Waals surface area contributed by atoms with Crippen molar-refractivity contribution in [1.82, 2.24) is 5.32 Å². The maximum atomic E-state index is 11.7. The van der Waals surface area contributed by atoms with E-state index in [9.17, 15) is 4.79 Å². The molecule has 1 heterocycles. The Kier molecular flexibility index (Phi) is 3.26. The molecule has 1 aromatic rings. The second-order valence-corrected chi connectivity index (χ2v) is 4.98. The lowest BCUT2D eigenvalue weighted by Crippen LogP contribution is -2.28. The monoisotopic (exact) mass is 224 g/mol. The van der Waals surface area contributed by atoms with Gasteiger partial charge in [0.05, 0.1) is 5.69 Å². The fourth-order valence-electron chi connectivity index (χ4n) is 2.04. The molecule has 1 amide bonds. The molecule has 0 saturated heterocycles. The highest BCUT2D eigenvalue weighted by atomic mass is 32.1. The van der Waals surface area contributed by atoms with Crippen molar-refractivity contribution in [3.8, 4) is 0 Å². The predicted molar refractivity (Wildman–Crippen MR) is 63.0 cm³/mol. The largest absolute Gasteiger partial charge is 0.397 e. The van der Waals surface area contributed by atoms with Gasteiger partial charge in [0.15, 0.2) is 0 Å². The van der Waals surface area contributed by atoms with Crippen molar-refractivity contribution >= 4 is 22.9 Å². The van der Waals surface area contributed by atoms with Gasteiger partial charge in [0, 0.05) is 6.54 Å². The lowest BCUT2D eigenvalue weighted by atomic mass is 10.1. The number of nitrogens with one attached hydrogen (secondary N) is 1. The van der Waals surface area contributed by atoms with Gasteiger partial charge in [-0.25, -0.2) is 0 Å². The molecule has 0 aliphatic heterocycles. The molecular weight excluding hydrogens is 208 g/mol. The lowest BCUT2D eigenvalue weighted by molar-refractivity contribution is 0.0952. The minimum Gasteiger partial charge on any atom is -0.397 e. The molecule has 0 bridgehead atoms. The van der Waals surface area contributed by atoms with Crippen LogP contribution < -0.4 is 11.1 Å². The van der Waals surface area contributed by atoms with Gasteiger partial charge in [0.25, 0.3) is 5.91 Å². The van der Waals surface area contributed by atoms with Crippen molar-refractivity contribution in [2.24, 2.45) is 5.92 Å². The average molecular weight is 224 g/mol. The highest BCUT2D eigenvalue weighted by molar-refractivity contribution is 7.12. The van der Waals surface area contributed by atoms with Gasteiger partial charge in [-0.2, -0.15) is 0 Å². The molecule has 82 valence electrons. The Balaban J connectivity index is 1.84. The van der Waals surface area contributed by atoms with Gasteiger partial charge in [-0.05, 0) is 30.2 Å². The van der Waals surface area contributed by atoms with Gasteiger partial charge in [-0.15, -0.1) is 11.3 Å². The van der Waals surface area contributed by atoms with E-state index >= 15 is 0 Å². The minimum absolute atomic E-state index is 0.0191. The molecule has 3 N–H and O–H groups in total. The molecule has 1 aromatic heterocycles. The fraction of sp³-hybridized carbons (Fsp3) is 0.545. The number of anilines is 1. The maximum absolute atomic E-state index is 11.7. The van der Waals surface area contributed by atoms with Crippen LogP contribution in [0.25, 0.3) is 0 Å². The first kappa shape index (κ1) is 10.5. The summed E-state index contributed by atoms with van der Waals surface area (Å²) < 4.78 is 0. The molecule has 4 heteroatoms. The molecule has 15 heavy (non-hydrogen) atoms. The number of carbonyl (C=O) groups is 1. The molecule has 2 rings (SSSR count). The Morgan fingerprint density at radius 2 is 2.27 bits per heavy atom. The van der Waals surface area contributed by atoms with Crippen LogP contribution in [0.2, 0.25) is 0 Å².